The number of anilines is 2. The zero-order valence-corrected chi connectivity index (χ0v) is 16.9. The second-order valence-corrected chi connectivity index (χ2v) is 7.04. The summed E-state index contributed by atoms with van der Waals surface area (Å²) in [7, 11) is 0. The minimum atomic E-state index is -0.305. The van der Waals surface area contributed by atoms with Crippen molar-refractivity contribution in [1.82, 2.24) is 0 Å². The third kappa shape index (κ3) is 5.83. The van der Waals surface area contributed by atoms with Gasteiger partial charge in [-0.15, -0.1) is 0 Å². The molecule has 0 radical (unpaired) electrons. The smallest absolute Gasteiger partial charge is 0.255 e. The molecule has 5 nitrogen and oxygen atoms in total. The van der Waals surface area contributed by atoms with Gasteiger partial charge in [-0.3, -0.25) is 9.59 Å². The van der Waals surface area contributed by atoms with Crippen molar-refractivity contribution in [3.05, 3.63) is 88.4 Å². The number of hydrogen-bond acceptors (Lipinski definition) is 3. The Morgan fingerprint density at radius 3 is 2.48 bits per heavy atom. The van der Waals surface area contributed by atoms with Gasteiger partial charge in [-0.1, -0.05) is 47.5 Å². The zero-order valence-electron chi connectivity index (χ0n) is 16.2. The van der Waals surface area contributed by atoms with E-state index in [1.807, 2.05) is 31.2 Å². The number of rotatable bonds is 6. The summed E-state index contributed by atoms with van der Waals surface area (Å²) in [5.74, 6) is 0.103. The fourth-order valence-electron chi connectivity index (χ4n) is 2.79. The van der Waals surface area contributed by atoms with Crippen molar-refractivity contribution in [2.75, 3.05) is 10.6 Å². The van der Waals surface area contributed by atoms with Crippen molar-refractivity contribution in [2.24, 2.45) is 0 Å². The van der Waals surface area contributed by atoms with Gasteiger partial charge in [-0.25, -0.2) is 0 Å². The second kappa shape index (κ2) is 9.26. The largest absolute Gasteiger partial charge is 0.489 e. The van der Waals surface area contributed by atoms with Crippen LogP contribution in [0.5, 0.6) is 5.75 Å². The predicted molar refractivity (Wildman–Crippen MR) is 116 cm³/mol. The first-order valence-corrected chi connectivity index (χ1v) is 9.45. The van der Waals surface area contributed by atoms with Crippen molar-refractivity contribution in [1.29, 1.82) is 0 Å². The SMILES string of the molecule is CC(=O)Nc1ccc(NC(=O)c2cccc(OCc3cccc(C)c3)c2)c(Cl)c1. The number of amides is 2. The summed E-state index contributed by atoms with van der Waals surface area (Å²) in [4.78, 5) is 23.7. The summed E-state index contributed by atoms with van der Waals surface area (Å²) in [5, 5.41) is 5.75. The van der Waals surface area contributed by atoms with Gasteiger partial charge in [0.05, 0.1) is 10.7 Å². The predicted octanol–water partition coefficient (Wildman–Crippen LogP) is 5.44. The van der Waals surface area contributed by atoms with Gasteiger partial charge in [-0.2, -0.15) is 0 Å². The van der Waals surface area contributed by atoms with Gasteiger partial charge in [0.1, 0.15) is 12.4 Å². The molecule has 0 bridgehead atoms. The molecule has 0 aliphatic rings. The quantitative estimate of drug-likeness (QED) is 0.570. The molecule has 2 amide bonds. The molecule has 0 spiro atoms. The van der Waals surface area contributed by atoms with Gasteiger partial charge >= 0.3 is 0 Å². The Balaban J connectivity index is 1.67. The molecule has 0 aromatic heterocycles. The van der Waals surface area contributed by atoms with Crippen molar-refractivity contribution < 1.29 is 14.3 Å². The summed E-state index contributed by atoms with van der Waals surface area (Å²) >= 11 is 6.22. The van der Waals surface area contributed by atoms with Crippen molar-refractivity contribution in [2.45, 2.75) is 20.5 Å². The molecule has 0 saturated carbocycles. The maximum absolute atomic E-state index is 12.6. The number of carbonyl (C=O) groups excluding carboxylic acids is 2. The van der Waals surface area contributed by atoms with E-state index in [1.165, 1.54) is 12.5 Å². The van der Waals surface area contributed by atoms with Crippen LogP contribution in [0.3, 0.4) is 0 Å². The number of benzene rings is 3. The minimum absolute atomic E-state index is 0.194. The summed E-state index contributed by atoms with van der Waals surface area (Å²) in [6.45, 7) is 3.86. The molecule has 29 heavy (non-hydrogen) atoms. The van der Waals surface area contributed by atoms with E-state index in [4.69, 9.17) is 16.3 Å². The van der Waals surface area contributed by atoms with E-state index in [0.717, 1.165) is 5.56 Å². The van der Waals surface area contributed by atoms with E-state index in [2.05, 4.69) is 16.7 Å². The van der Waals surface area contributed by atoms with Gasteiger partial charge in [-0.05, 0) is 48.9 Å². The maximum Gasteiger partial charge on any atom is 0.255 e. The van der Waals surface area contributed by atoms with E-state index in [1.54, 1.807) is 36.4 Å². The molecule has 0 aliphatic carbocycles. The van der Waals surface area contributed by atoms with Crippen LogP contribution in [0, 0.1) is 6.92 Å². The highest BCUT2D eigenvalue weighted by molar-refractivity contribution is 6.34. The lowest BCUT2D eigenvalue weighted by Gasteiger charge is -2.11. The Morgan fingerprint density at radius 2 is 1.76 bits per heavy atom. The molecule has 0 atom stereocenters. The standard InChI is InChI=1S/C23H21ClN2O3/c1-15-5-3-6-17(11-15)14-29-20-8-4-7-18(12-20)23(28)26-22-10-9-19(13-21(22)24)25-16(2)27/h3-13H,14H2,1-2H3,(H,25,27)(H,26,28). The van der Waals surface area contributed by atoms with Gasteiger partial charge < -0.3 is 15.4 Å². The Bertz CT molecular complexity index is 1050. The molecular formula is C23H21ClN2O3. The Morgan fingerprint density at radius 1 is 0.966 bits per heavy atom. The van der Waals surface area contributed by atoms with E-state index in [-0.39, 0.29) is 11.8 Å². The normalized spacial score (nSPS) is 10.3. The average Bonchev–Trinajstić information content (AvgIpc) is 2.68. The molecule has 6 heteroatoms. The van der Waals surface area contributed by atoms with Gasteiger partial charge in [0, 0.05) is 18.2 Å². The van der Waals surface area contributed by atoms with Crippen LogP contribution in [0.1, 0.15) is 28.4 Å². The second-order valence-electron chi connectivity index (χ2n) is 6.64. The summed E-state index contributed by atoms with van der Waals surface area (Å²) < 4.78 is 5.82. The summed E-state index contributed by atoms with van der Waals surface area (Å²) in [5.41, 5.74) is 3.70. The van der Waals surface area contributed by atoms with E-state index >= 15 is 0 Å². The lowest BCUT2D eigenvalue weighted by molar-refractivity contribution is -0.114. The van der Waals surface area contributed by atoms with Crippen LogP contribution in [-0.2, 0) is 11.4 Å². The molecule has 0 unspecified atom stereocenters. The highest BCUT2D eigenvalue weighted by atomic mass is 35.5. The number of aryl methyl sites for hydroxylation is 1. The van der Waals surface area contributed by atoms with E-state index in [0.29, 0.717) is 34.3 Å². The number of nitrogens with one attached hydrogen (secondary N) is 2. The van der Waals surface area contributed by atoms with Crippen molar-refractivity contribution in [3.8, 4) is 5.75 Å². The van der Waals surface area contributed by atoms with E-state index < -0.39 is 0 Å². The maximum atomic E-state index is 12.6. The Labute approximate surface area is 174 Å². The fraction of sp³-hybridized carbons (Fsp3) is 0.130. The van der Waals surface area contributed by atoms with Crippen molar-refractivity contribution in [3.63, 3.8) is 0 Å². The molecule has 3 rings (SSSR count). The minimum Gasteiger partial charge on any atom is -0.489 e. The highest BCUT2D eigenvalue weighted by Gasteiger charge is 2.11. The fourth-order valence-corrected chi connectivity index (χ4v) is 3.02. The molecule has 3 aromatic carbocycles. The van der Waals surface area contributed by atoms with Crippen LogP contribution in [0.2, 0.25) is 5.02 Å². The lowest BCUT2D eigenvalue weighted by atomic mass is 10.1. The highest BCUT2D eigenvalue weighted by Crippen LogP contribution is 2.26. The molecule has 2 N–H and O–H groups in total. The van der Waals surface area contributed by atoms with Crippen molar-refractivity contribution >= 4 is 34.8 Å². The van der Waals surface area contributed by atoms with Crippen LogP contribution in [0.4, 0.5) is 11.4 Å². The Kier molecular flexibility index (Phi) is 6.52. The van der Waals surface area contributed by atoms with Gasteiger partial charge in [0.15, 0.2) is 0 Å². The molecule has 0 aliphatic heterocycles. The monoisotopic (exact) mass is 408 g/mol. The first-order chi connectivity index (χ1) is 13.9. The van der Waals surface area contributed by atoms with Crippen LogP contribution in [0.25, 0.3) is 0 Å². The van der Waals surface area contributed by atoms with Gasteiger partial charge in [0.25, 0.3) is 5.91 Å². The third-order valence-electron chi connectivity index (χ3n) is 4.12. The first kappa shape index (κ1) is 20.4. The molecule has 0 heterocycles. The first-order valence-electron chi connectivity index (χ1n) is 9.07. The Hall–Kier alpha value is -3.31. The molecule has 148 valence electrons. The van der Waals surface area contributed by atoms with Crippen LogP contribution < -0.4 is 15.4 Å². The number of halogens is 1. The average molecular weight is 409 g/mol. The summed E-state index contributed by atoms with van der Waals surface area (Å²) in [6.07, 6.45) is 0. The summed E-state index contributed by atoms with van der Waals surface area (Å²) in [6, 6.07) is 19.9. The number of hydrogen-bond donors (Lipinski definition) is 2. The topological polar surface area (TPSA) is 67.4 Å². The van der Waals surface area contributed by atoms with Crippen LogP contribution in [-0.4, -0.2) is 11.8 Å². The van der Waals surface area contributed by atoms with Crippen LogP contribution >= 0.6 is 11.6 Å². The molecule has 0 fully saturated rings. The zero-order chi connectivity index (χ0) is 20.8. The molecule has 0 saturated heterocycles. The number of carbonyl (C=O) groups is 2. The molecular weight excluding hydrogens is 388 g/mol. The lowest BCUT2D eigenvalue weighted by Crippen LogP contribution is -2.13. The molecule has 3 aromatic rings. The van der Waals surface area contributed by atoms with Crippen LogP contribution in [0.15, 0.2) is 66.7 Å². The van der Waals surface area contributed by atoms with Gasteiger partial charge in [0.2, 0.25) is 5.91 Å². The van der Waals surface area contributed by atoms with E-state index in [9.17, 15) is 9.59 Å². The third-order valence-corrected chi connectivity index (χ3v) is 4.43. The number of ether oxygens (including phenoxy) is 1.